The standard InChI is InChI=1S/C14H27N3O2/c1-3-15-14(17-12-9-10-12)16-11-7-5-4-6-8-13(18)19-2/h12H,3-11H2,1-2H3,(H2,15,16,17). The van der Waals surface area contributed by atoms with Crippen LogP contribution in [0.3, 0.4) is 0 Å². The lowest BCUT2D eigenvalue weighted by Gasteiger charge is -2.09. The molecular formula is C14H27N3O2. The molecule has 19 heavy (non-hydrogen) atoms. The number of carbonyl (C=O) groups excluding carboxylic acids is 1. The van der Waals surface area contributed by atoms with E-state index in [1.165, 1.54) is 20.0 Å². The molecule has 1 rings (SSSR count). The molecule has 0 amide bonds. The molecule has 0 heterocycles. The monoisotopic (exact) mass is 269 g/mol. The molecule has 1 saturated carbocycles. The number of rotatable bonds is 9. The number of hydrogen-bond acceptors (Lipinski definition) is 3. The molecular weight excluding hydrogens is 242 g/mol. The van der Waals surface area contributed by atoms with Crippen LogP contribution < -0.4 is 10.6 Å². The molecule has 0 radical (unpaired) electrons. The van der Waals surface area contributed by atoms with Crippen LogP contribution in [0.4, 0.5) is 0 Å². The van der Waals surface area contributed by atoms with E-state index in [1.807, 2.05) is 0 Å². The second-order valence-corrected chi connectivity index (χ2v) is 4.92. The van der Waals surface area contributed by atoms with E-state index < -0.39 is 0 Å². The molecule has 110 valence electrons. The van der Waals surface area contributed by atoms with Gasteiger partial charge < -0.3 is 15.4 Å². The third kappa shape index (κ3) is 8.46. The fourth-order valence-electron chi connectivity index (χ4n) is 1.77. The minimum Gasteiger partial charge on any atom is -0.469 e. The van der Waals surface area contributed by atoms with Gasteiger partial charge in [-0.1, -0.05) is 12.8 Å². The normalized spacial score (nSPS) is 15.2. The van der Waals surface area contributed by atoms with Crippen molar-refractivity contribution in [2.24, 2.45) is 4.99 Å². The number of methoxy groups -OCH3 is 1. The SMILES string of the molecule is CCNC(=NCCCCCCC(=O)OC)NC1CC1. The van der Waals surface area contributed by atoms with Gasteiger partial charge in [0.1, 0.15) is 0 Å². The largest absolute Gasteiger partial charge is 0.469 e. The van der Waals surface area contributed by atoms with Crippen LogP contribution in [-0.4, -0.2) is 38.2 Å². The lowest BCUT2D eigenvalue weighted by molar-refractivity contribution is -0.140. The van der Waals surface area contributed by atoms with Crippen LogP contribution in [0.5, 0.6) is 0 Å². The molecule has 1 aliphatic carbocycles. The smallest absolute Gasteiger partial charge is 0.305 e. The van der Waals surface area contributed by atoms with E-state index in [0.717, 1.165) is 44.7 Å². The summed E-state index contributed by atoms with van der Waals surface area (Å²) in [5.41, 5.74) is 0. The molecule has 5 nitrogen and oxygen atoms in total. The van der Waals surface area contributed by atoms with Gasteiger partial charge in [0.25, 0.3) is 0 Å². The van der Waals surface area contributed by atoms with Crippen molar-refractivity contribution in [1.29, 1.82) is 0 Å². The first-order valence-electron chi connectivity index (χ1n) is 7.38. The molecule has 2 N–H and O–H groups in total. The van der Waals surface area contributed by atoms with Crippen molar-refractivity contribution in [3.05, 3.63) is 0 Å². The summed E-state index contributed by atoms with van der Waals surface area (Å²) in [6.45, 7) is 3.83. The van der Waals surface area contributed by atoms with E-state index in [-0.39, 0.29) is 5.97 Å². The predicted molar refractivity (Wildman–Crippen MR) is 77.2 cm³/mol. The maximum absolute atomic E-state index is 10.9. The summed E-state index contributed by atoms with van der Waals surface area (Å²) >= 11 is 0. The molecule has 5 heteroatoms. The van der Waals surface area contributed by atoms with Crippen molar-refractivity contribution in [2.75, 3.05) is 20.2 Å². The lowest BCUT2D eigenvalue weighted by atomic mass is 10.1. The van der Waals surface area contributed by atoms with Gasteiger partial charge in [0, 0.05) is 25.6 Å². The highest BCUT2D eigenvalue weighted by molar-refractivity contribution is 5.80. The van der Waals surface area contributed by atoms with E-state index in [9.17, 15) is 4.79 Å². The molecule has 0 aromatic rings. The highest BCUT2D eigenvalue weighted by Gasteiger charge is 2.21. The molecule has 0 atom stereocenters. The quantitative estimate of drug-likeness (QED) is 0.290. The zero-order valence-electron chi connectivity index (χ0n) is 12.2. The van der Waals surface area contributed by atoms with Crippen LogP contribution in [0.2, 0.25) is 0 Å². The topological polar surface area (TPSA) is 62.7 Å². The number of aliphatic imine (C=N–C) groups is 1. The summed E-state index contributed by atoms with van der Waals surface area (Å²) in [5.74, 6) is 0.834. The Labute approximate surface area is 116 Å². The molecule has 0 aromatic heterocycles. The first-order chi connectivity index (χ1) is 9.26. The lowest BCUT2D eigenvalue weighted by Crippen LogP contribution is -2.38. The summed E-state index contributed by atoms with van der Waals surface area (Å²) in [6.07, 6.45) is 7.22. The van der Waals surface area contributed by atoms with Crippen LogP contribution in [0.25, 0.3) is 0 Å². The second kappa shape index (κ2) is 9.64. The maximum Gasteiger partial charge on any atom is 0.305 e. The van der Waals surface area contributed by atoms with Crippen molar-refractivity contribution in [3.8, 4) is 0 Å². The zero-order chi connectivity index (χ0) is 13.9. The Hall–Kier alpha value is -1.26. The van der Waals surface area contributed by atoms with Crippen LogP contribution in [-0.2, 0) is 9.53 Å². The average Bonchev–Trinajstić information content (AvgIpc) is 3.21. The predicted octanol–water partition coefficient (Wildman–Crippen LogP) is 1.83. The van der Waals surface area contributed by atoms with Crippen molar-refractivity contribution in [1.82, 2.24) is 10.6 Å². The van der Waals surface area contributed by atoms with Crippen LogP contribution >= 0.6 is 0 Å². The first kappa shape index (κ1) is 15.8. The Morgan fingerprint density at radius 3 is 2.63 bits per heavy atom. The maximum atomic E-state index is 10.9. The van der Waals surface area contributed by atoms with Crippen molar-refractivity contribution in [2.45, 2.75) is 57.9 Å². The Balaban J connectivity index is 2.01. The number of nitrogens with zero attached hydrogens (tertiary/aromatic N) is 1. The summed E-state index contributed by atoms with van der Waals surface area (Å²) in [7, 11) is 1.44. The van der Waals surface area contributed by atoms with Gasteiger partial charge in [-0.3, -0.25) is 9.79 Å². The molecule has 0 aliphatic heterocycles. The number of carbonyl (C=O) groups is 1. The minimum absolute atomic E-state index is 0.110. The average molecular weight is 269 g/mol. The number of hydrogen-bond donors (Lipinski definition) is 2. The summed E-state index contributed by atoms with van der Waals surface area (Å²) < 4.78 is 4.60. The van der Waals surface area contributed by atoms with Gasteiger partial charge >= 0.3 is 5.97 Å². The van der Waals surface area contributed by atoms with E-state index in [4.69, 9.17) is 0 Å². The number of guanidine groups is 1. The summed E-state index contributed by atoms with van der Waals surface area (Å²) in [5, 5.41) is 6.65. The second-order valence-electron chi connectivity index (χ2n) is 4.92. The van der Waals surface area contributed by atoms with Gasteiger partial charge in [-0.15, -0.1) is 0 Å². The Kier molecular flexibility index (Phi) is 8.02. The molecule has 0 bridgehead atoms. The molecule has 1 fully saturated rings. The Morgan fingerprint density at radius 1 is 1.26 bits per heavy atom. The van der Waals surface area contributed by atoms with Crippen molar-refractivity contribution >= 4 is 11.9 Å². The van der Waals surface area contributed by atoms with Crippen LogP contribution in [0.1, 0.15) is 51.9 Å². The molecule has 0 spiro atoms. The van der Waals surface area contributed by atoms with Crippen molar-refractivity contribution < 1.29 is 9.53 Å². The Bertz CT molecular complexity index is 288. The third-order valence-electron chi connectivity index (χ3n) is 3.05. The van der Waals surface area contributed by atoms with Crippen LogP contribution in [0, 0.1) is 0 Å². The minimum atomic E-state index is -0.110. The van der Waals surface area contributed by atoms with Gasteiger partial charge in [0.15, 0.2) is 5.96 Å². The third-order valence-corrected chi connectivity index (χ3v) is 3.05. The van der Waals surface area contributed by atoms with E-state index >= 15 is 0 Å². The highest BCUT2D eigenvalue weighted by atomic mass is 16.5. The number of nitrogens with one attached hydrogen (secondary N) is 2. The number of unbranched alkanes of at least 4 members (excludes halogenated alkanes) is 3. The number of ether oxygens (including phenoxy) is 1. The highest BCUT2D eigenvalue weighted by Crippen LogP contribution is 2.18. The van der Waals surface area contributed by atoms with E-state index in [0.29, 0.717) is 12.5 Å². The van der Waals surface area contributed by atoms with Gasteiger partial charge in [0.2, 0.25) is 0 Å². The fourth-order valence-corrected chi connectivity index (χ4v) is 1.77. The van der Waals surface area contributed by atoms with Crippen molar-refractivity contribution in [3.63, 3.8) is 0 Å². The first-order valence-corrected chi connectivity index (χ1v) is 7.38. The molecule has 1 aliphatic rings. The van der Waals surface area contributed by atoms with E-state index in [1.54, 1.807) is 0 Å². The Morgan fingerprint density at radius 2 is 2.00 bits per heavy atom. The van der Waals surface area contributed by atoms with Gasteiger partial charge in [-0.25, -0.2) is 0 Å². The van der Waals surface area contributed by atoms with Gasteiger partial charge in [-0.05, 0) is 32.6 Å². The van der Waals surface area contributed by atoms with Gasteiger partial charge in [-0.2, -0.15) is 0 Å². The molecule has 0 aromatic carbocycles. The molecule has 0 unspecified atom stereocenters. The van der Waals surface area contributed by atoms with Gasteiger partial charge in [0.05, 0.1) is 7.11 Å². The summed E-state index contributed by atoms with van der Waals surface area (Å²) in [4.78, 5) is 15.5. The van der Waals surface area contributed by atoms with Crippen LogP contribution in [0.15, 0.2) is 4.99 Å². The zero-order valence-corrected chi connectivity index (χ0v) is 12.2. The van der Waals surface area contributed by atoms with E-state index in [2.05, 4.69) is 27.3 Å². The fraction of sp³-hybridized carbons (Fsp3) is 0.857. The number of esters is 1. The summed E-state index contributed by atoms with van der Waals surface area (Å²) in [6, 6.07) is 0.637. The molecule has 0 saturated heterocycles.